The van der Waals surface area contributed by atoms with Crippen LogP contribution in [0.4, 0.5) is 0 Å². The van der Waals surface area contributed by atoms with Gasteiger partial charge in [-0.05, 0) is 0 Å². The van der Waals surface area contributed by atoms with Gasteiger partial charge in [-0.15, -0.1) is 0 Å². The van der Waals surface area contributed by atoms with Gasteiger partial charge in [0.05, 0.1) is 0 Å². The van der Waals surface area contributed by atoms with Crippen molar-refractivity contribution < 1.29 is 0 Å². The molecular weight excluding hydrogens is 426 g/mol. The van der Waals surface area contributed by atoms with Crippen molar-refractivity contribution in [3.05, 3.63) is 82.0 Å². The molecule has 0 saturated carbocycles. The summed E-state index contributed by atoms with van der Waals surface area (Å²) in [6.45, 7) is 7.19. The molecule has 0 N–H and O–H groups in total. The fraction of sp³-hybridized carbons (Fsp3) is 0.130. The van der Waals surface area contributed by atoms with E-state index >= 15 is 0 Å². The van der Waals surface area contributed by atoms with Crippen molar-refractivity contribution in [2.75, 3.05) is 0 Å². The topological polar surface area (TPSA) is 0 Å². The second kappa shape index (κ2) is 6.81. The molecule has 132 valence electrons. The third-order valence-electron chi connectivity index (χ3n) is 5.39. The van der Waals surface area contributed by atoms with Gasteiger partial charge in [-0.2, -0.15) is 0 Å². The number of rotatable bonds is 2. The van der Waals surface area contributed by atoms with Crippen LogP contribution in [-0.4, -0.2) is 21.4 Å². The Balaban J connectivity index is 1.77. The van der Waals surface area contributed by atoms with Crippen LogP contribution in [0.5, 0.6) is 0 Å². The van der Waals surface area contributed by atoms with E-state index in [1.165, 1.54) is 22.2 Å². The molecule has 5 rings (SSSR count). The summed E-state index contributed by atoms with van der Waals surface area (Å²) in [7, 11) is 0. The molecule has 2 aromatic heterocycles. The van der Waals surface area contributed by atoms with E-state index in [4.69, 9.17) is 0 Å². The van der Waals surface area contributed by atoms with Crippen LogP contribution in [0, 0.1) is 20.8 Å². The Hall–Kier alpha value is -1.54. The van der Waals surface area contributed by atoms with Crippen molar-refractivity contribution in [1.29, 1.82) is 0 Å². The van der Waals surface area contributed by atoms with Crippen molar-refractivity contribution in [3.8, 4) is 0 Å². The molecule has 3 heterocycles. The molecule has 0 fully saturated rings. The number of thiophene rings is 2. The maximum atomic E-state index is 2.42. The molecule has 1 aliphatic rings. The van der Waals surface area contributed by atoms with Crippen molar-refractivity contribution in [1.82, 2.24) is 0 Å². The van der Waals surface area contributed by atoms with Crippen LogP contribution < -0.4 is 28.1 Å². The Labute approximate surface area is 174 Å². The Kier molecular flexibility index (Phi) is 4.43. The maximum absolute atomic E-state index is 2.42. The number of hydrogen-bond donors (Lipinski definition) is 0. The van der Waals surface area contributed by atoms with E-state index in [1.807, 2.05) is 22.7 Å². The second-order valence-electron chi connectivity index (χ2n) is 7.26. The molecule has 0 atom stereocenters. The van der Waals surface area contributed by atoms with Gasteiger partial charge in [-0.3, -0.25) is 0 Å². The fourth-order valence-electron chi connectivity index (χ4n) is 4.44. The van der Waals surface area contributed by atoms with Crippen LogP contribution in [0.25, 0.3) is 0 Å². The predicted octanol–water partition coefficient (Wildman–Crippen LogP) is 2.08. The van der Waals surface area contributed by atoms with Crippen molar-refractivity contribution in [2.45, 2.75) is 20.8 Å². The molecule has 0 amide bonds. The molecule has 27 heavy (non-hydrogen) atoms. The molecule has 0 bridgehead atoms. The molecule has 2 aromatic carbocycles. The summed E-state index contributed by atoms with van der Waals surface area (Å²) in [5.74, 6) is 0. The minimum absolute atomic E-state index is 0.407. The monoisotopic (exact) mass is 446 g/mol. The van der Waals surface area contributed by atoms with Crippen molar-refractivity contribution in [3.63, 3.8) is 0 Å². The molecule has 0 saturated heterocycles. The molecule has 1 aliphatic heterocycles. The zero-order valence-electron chi connectivity index (χ0n) is 15.7. The molecule has 0 unspecified atom stereocenters. The third kappa shape index (κ3) is 2.79. The van der Waals surface area contributed by atoms with Gasteiger partial charge in [-0.25, -0.2) is 0 Å². The zero-order chi connectivity index (χ0) is 18.5. The van der Waals surface area contributed by atoms with Gasteiger partial charge in [0.1, 0.15) is 0 Å². The van der Waals surface area contributed by atoms with Crippen LogP contribution in [0.1, 0.15) is 16.7 Å². The average Bonchev–Trinajstić information content (AvgIpc) is 3.30. The Morgan fingerprint density at radius 3 is 1.85 bits per heavy atom. The van der Waals surface area contributed by atoms with Gasteiger partial charge in [-0.1, -0.05) is 0 Å². The molecule has 0 aliphatic carbocycles. The van der Waals surface area contributed by atoms with E-state index in [2.05, 4.69) is 86.1 Å². The summed E-state index contributed by atoms with van der Waals surface area (Å²) in [5, 5.41) is 4.63. The van der Waals surface area contributed by atoms with Gasteiger partial charge in [0.25, 0.3) is 0 Å². The first-order valence-corrected chi connectivity index (χ1v) is 13.8. The summed E-state index contributed by atoms with van der Waals surface area (Å²) in [6.07, 6.45) is 0. The average molecular weight is 446 g/mol. The summed E-state index contributed by atoms with van der Waals surface area (Å²) in [5.41, 5.74) is 5.74. The predicted molar refractivity (Wildman–Crippen MR) is 125 cm³/mol. The standard InChI is InChI=1S/C23H20AsBS2/c1-15-13-16(2)21(17(3)14-15)25-22-19(9-11-26-22)24(18-7-5-4-6-8-18)20-10-12-27-23(20)25/h4-14H,1-3H3. The number of benzene rings is 2. The van der Waals surface area contributed by atoms with Crippen molar-refractivity contribution in [2.24, 2.45) is 0 Å². The molecule has 0 spiro atoms. The van der Waals surface area contributed by atoms with Gasteiger partial charge in [0, 0.05) is 0 Å². The van der Waals surface area contributed by atoms with Crippen LogP contribution in [0.3, 0.4) is 0 Å². The SMILES string of the molecule is Cc1cc(C)c(B2c3sccc3[As](c3ccccc3)c3ccsc32)c(C)c1. The van der Waals surface area contributed by atoms with Crippen LogP contribution >= 0.6 is 22.7 Å². The molecular formula is C23H20AsBS2. The summed E-state index contributed by atoms with van der Waals surface area (Å²) >= 11 is 2.47. The Morgan fingerprint density at radius 1 is 0.741 bits per heavy atom. The van der Waals surface area contributed by atoms with Gasteiger partial charge in [0.15, 0.2) is 0 Å². The molecule has 4 aromatic rings. The van der Waals surface area contributed by atoms with E-state index in [-0.39, 0.29) is 0 Å². The number of fused-ring (bicyclic) bond motifs is 2. The van der Waals surface area contributed by atoms with E-state index in [1.54, 1.807) is 22.6 Å². The number of aryl methyl sites for hydroxylation is 3. The summed E-state index contributed by atoms with van der Waals surface area (Å²) in [6, 6.07) is 20.7. The fourth-order valence-corrected chi connectivity index (χ4v) is 13.5. The van der Waals surface area contributed by atoms with E-state index in [0.29, 0.717) is 6.71 Å². The third-order valence-corrected chi connectivity index (χ3v) is 13.4. The normalized spacial score (nSPS) is 13.5. The first-order valence-electron chi connectivity index (χ1n) is 9.23. The van der Waals surface area contributed by atoms with E-state index in [9.17, 15) is 0 Å². The second-order valence-corrected chi connectivity index (χ2v) is 13.7. The van der Waals surface area contributed by atoms with Crippen LogP contribution in [-0.2, 0) is 0 Å². The Bertz CT molecular complexity index is 1060. The number of hydrogen-bond acceptors (Lipinski definition) is 2. The van der Waals surface area contributed by atoms with Gasteiger partial charge >= 0.3 is 175 Å². The minimum atomic E-state index is -1.45. The van der Waals surface area contributed by atoms with Crippen LogP contribution in [0.15, 0.2) is 65.4 Å². The Morgan fingerprint density at radius 2 is 1.30 bits per heavy atom. The summed E-state index contributed by atoms with van der Waals surface area (Å²) < 4.78 is 7.98. The van der Waals surface area contributed by atoms with Gasteiger partial charge in [0.2, 0.25) is 0 Å². The summed E-state index contributed by atoms with van der Waals surface area (Å²) in [4.78, 5) is 0. The molecule has 0 radical (unpaired) electrons. The zero-order valence-corrected chi connectivity index (χ0v) is 19.2. The quantitative estimate of drug-likeness (QED) is 0.365. The molecule has 0 nitrogen and oxygen atoms in total. The first kappa shape index (κ1) is 17.6. The van der Waals surface area contributed by atoms with Crippen molar-refractivity contribution >= 4 is 72.1 Å². The first-order chi connectivity index (χ1) is 13.1. The van der Waals surface area contributed by atoms with Gasteiger partial charge < -0.3 is 0 Å². The van der Waals surface area contributed by atoms with E-state index < -0.39 is 14.7 Å². The molecule has 4 heteroatoms. The van der Waals surface area contributed by atoms with E-state index in [0.717, 1.165) is 0 Å². The van der Waals surface area contributed by atoms with Crippen LogP contribution in [0.2, 0.25) is 0 Å².